The van der Waals surface area contributed by atoms with Crippen molar-refractivity contribution in [2.24, 2.45) is 5.92 Å². The fourth-order valence-electron chi connectivity index (χ4n) is 2.00. The Kier molecular flexibility index (Phi) is 6.62. The highest BCUT2D eigenvalue weighted by atomic mass is 32.1. The van der Waals surface area contributed by atoms with Crippen molar-refractivity contribution in [1.29, 1.82) is 0 Å². The lowest BCUT2D eigenvalue weighted by molar-refractivity contribution is -0.499. The Hall–Kier alpha value is 0.0300. The molecule has 0 aromatic heterocycles. The standard InChI is InChI=1S/C12H24N3S2/c1-10-4-6-13-11(12(10)16)5-7-15(17)9-8-14(2)3/h10-11,13H,4-9H2,1-3H3/q+1. The molecular formula is C12H24N3S2+. The van der Waals surface area contributed by atoms with Gasteiger partial charge in [0.2, 0.25) is 0 Å². The molecule has 0 amide bonds. The van der Waals surface area contributed by atoms with Gasteiger partial charge < -0.3 is 10.2 Å². The highest BCUT2D eigenvalue weighted by Crippen LogP contribution is 2.15. The zero-order valence-electron chi connectivity index (χ0n) is 11.1. The van der Waals surface area contributed by atoms with E-state index >= 15 is 0 Å². The van der Waals surface area contributed by atoms with E-state index in [0.29, 0.717) is 12.0 Å². The molecule has 1 aliphatic heterocycles. The number of thiocarbonyl (C=S) groups is 1. The lowest BCUT2D eigenvalue weighted by atomic mass is 9.92. The molecule has 0 bridgehead atoms. The van der Waals surface area contributed by atoms with Gasteiger partial charge in [0, 0.05) is 17.3 Å². The second kappa shape index (κ2) is 7.46. The summed E-state index contributed by atoms with van der Waals surface area (Å²) in [6, 6.07) is 0.388. The van der Waals surface area contributed by atoms with Gasteiger partial charge in [-0.2, -0.15) is 3.95 Å². The first-order chi connectivity index (χ1) is 8.00. The molecule has 1 rings (SSSR count). The van der Waals surface area contributed by atoms with Gasteiger partial charge in [-0.3, -0.25) is 0 Å². The Bertz CT molecular complexity index is 279. The lowest BCUT2D eigenvalue weighted by Gasteiger charge is -2.28. The van der Waals surface area contributed by atoms with Crippen LogP contribution < -0.4 is 5.32 Å². The van der Waals surface area contributed by atoms with Crippen LogP contribution in [0.3, 0.4) is 0 Å². The van der Waals surface area contributed by atoms with Gasteiger partial charge in [0.15, 0.2) is 13.1 Å². The summed E-state index contributed by atoms with van der Waals surface area (Å²) in [5, 5.41) is 3.49. The molecule has 2 atom stereocenters. The minimum absolute atomic E-state index is 0.388. The molecule has 1 aliphatic rings. The molecular weight excluding hydrogens is 250 g/mol. The van der Waals surface area contributed by atoms with Gasteiger partial charge in [0.1, 0.15) is 0 Å². The van der Waals surface area contributed by atoms with Crippen molar-refractivity contribution in [2.75, 3.05) is 40.3 Å². The van der Waals surface area contributed by atoms with Crippen LogP contribution in [-0.4, -0.2) is 60.0 Å². The quantitative estimate of drug-likeness (QED) is 0.576. The smallest absolute Gasteiger partial charge is 0.263 e. The molecule has 0 aromatic rings. The topological polar surface area (TPSA) is 18.3 Å². The SMILES string of the molecule is CC1CCNC(CC[N+](=S)CCN(C)C)C1=S. The van der Waals surface area contributed by atoms with Crippen molar-refractivity contribution in [3.05, 3.63) is 0 Å². The summed E-state index contributed by atoms with van der Waals surface area (Å²) in [6.07, 6.45) is 2.22. The molecule has 2 unspecified atom stereocenters. The van der Waals surface area contributed by atoms with Crippen molar-refractivity contribution in [3.63, 3.8) is 0 Å². The molecule has 0 spiro atoms. The van der Waals surface area contributed by atoms with Crippen LogP contribution >= 0.6 is 12.2 Å². The van der Waals surface area contributed by atoms with Gasteiger partial charge in [-0.05, 0) is 33.0 Å². The summed E-state index contributed by atoms with van der Waals surface area (Å²) in [6.45, 7) is 6.21. The summed E-state index contributed by atoms with van der Waals surface area (Å²) in [5.41, 5.74) is 0. The lowest BCUT2D eigenvalue weighted by Crippen LogP contribution is -2.46. The van der Waals surface area contributed by atoms with Crippen LogP contribution in [0.1, 0.15) is 19.8 Å². The molecule has 0 aliphatic carbocycles. The molecule has 5 heteroatoms. The second-order valence-corrected chi connectivity index (χ2v) is 6.11. The fraction of sp³-hybridized carbons (Fsp3) is 0.917. The monoisotopic (exact) mass is 274 g/mol. The zero-order chi connectivity index (χ0) is 12.8. The highest BCUT2D eigenvalue weighted by molar-refractivity contribution is 7.80. The zero-order valence-corrected chi connectivity index (χ0v) is 12.7. The molecule has 3 nitrogen and oxygen atoms in total. The van der Waals surface area contributed by atoms with Gasteiger partial charge in [0.25, 0.3) is 12.4 Å². The highest BCUT2D eigenvalue weighted by Gasteiger charge is 2.25. The van der Waals surface area contributed by atoms with Crippen LogP contribution in [0.25, 0.3) is 0 Å². The fourth-order valence-corrected chi connectivity index (χ4v) is 2.51. The summed E-state index contributed by atoms with van der Waals surface area (Å²) in [4.78, 5) is 3.34. The van der Waals surface area contributed by atoms with Crippen LogP contribution in [0.4, 0.5) is 0 Å². The maximum atomic E-state index is 5.48. The number of hydrogen-bond donors (Lipinski definition) is 1. The number of nitrogens with one attached hydrogen (secondary N) is 1. The van der Waals surface area contributed by atoms with Crippen LogP contribution in [-0.2, 0) is 12.4 Å². The Morgan fingerprint density at radius 1 is 1.41 bits per heavy atom. The third-order valence-electron chi connectivity index (χ3n) is 3.26. The molecule has 98 valence electrons. The molecule has 1 fully saturated rings. The summed E-state index contributed by atoms with van der Waals surface area (Å²) in [5.74, 6) is 0.580. The van der Waals surface area contributed by atoms with Crippen molar-refractivity contribution in [3.8, 4) is 0 Å². The van der Waals surface area contributed by atoms with Gasteiger partial charge in [0.05, 0.1) is 6.54 Å². The molecule has 0 aromatic carbocycles. The minimum atomic E-state index is 0.388. The number of hydrogen-bond acceptors (Lipinski definition) is 4. The molecule has 1 heterocycles. The third-order valence-corrected chi connectivity index (χ3v) is 4.31. The second-order valence-electron chi connectivity index (χ2n) is 5.12. The van der Waals surface area contributed by atoms with E-state index in [2.05, 4.69) is 31.2 Å². The Morgan fingerprint density at radius 3 is 2.76 bits per heavy atom. The van der Waals surface area contributed by atoms with Crippen molar-refractivity contribution in [2.45, 2.75) is 25.8 Å². The third kappa shape index (κ3) is 5.46. The first-order valence-electron chi connectivity index (χ1n) is 6.34. The van der Waals surface area contributed by atoms with Crippen LogP contribution in [0.2, 0.25) is 0 Å². The van der Waals surface area contributed by atoms with E-state index in [1.165, 1.54) is 11.3 Å². The van der Waals surface area contributed by atoms with Gasteiger partial charge >= 0.3 is 0 Å². The first-order valence-corrected chi connectivity index (χ1v) is 7.12. The Balaban J connectivity index is 2.25. The first kappa shape index (κ1) is 15.1. The Labute approximate surface area is 116 Å². The van der Waals surface area contributed by atoms with Crippen molar-refractivity contribution in [1.82, 2.24) is 10.2 Å². The normalized spacial score (nSPS) is 25.3. The van der Waals surface area contributed by atoms with Crippen LogP contribution in [0, 0.1) is 5.92 Å². The molecule has 1 N–H and O–H groups in total. The average molecular weight is 274 g/mol. The largest absolute Gasteiger partial charge is 0.309 e. The van der Waals surface area contributed by atoms with Crippen molar-refractivity contribution < 1.29 is 3.95 Å². The summed E-state index contributed by atoms with van der Waals surface area (Å²) in [7, 11) is 4.14. The number of nitrogens with zero attached hydrogens (tertiary/aromatic N) is 2. The molecule has 1 saturated heterocycles. The number of rotatable bonds is 6. The van der Waals surface area contributed by atoms with Crippen molar-refractivity contribution >= 4 is 29.5 Å². The molecule has 0 radical (unpaired) electrons. The van der Waals surface area contributed by atoms with Gasteiger partial charge in [-0.15, -0.1) is 0 Å². The van der Waals surface area contributed by atoms with E-state index in [9.17, 15) is 0 Å². The average Bonchev–Trinajstić information content (AvgIpc) is 2.28. The van der Waals surface area contributed by atoms with Crippen LogP contribution in [0.15, 0.2) is 0 Å². The predicted octanol–water partition coefficient (Wildman–Crippen LogP) is 1.05. The van der Waals surface area contributed by atoms with E-state index < -0.39 is 0 Å². The summed E-state index contributed by atoms with van der Waals surface area (Å²) >= 11 is 10.8. The maximum Gasteiger partial charge on any atom is 0.263 e. The minimum Gasteiger partial charge on any atom is -0.309 e. The number of piperidine rings is 1. The van der Waals surface area contributed by atoms with E-state index in [4.69, 9.17) is 24.6 Å². The van der Waals surface area contributed by atoms with Gasteiger partial charge in [-0.25, -0.2) is 0 Å². The molecule has 0 saturated carbocycles. The number of likely N-dealkylation sites (N-methyl/N-ethyl adjacent to an activating group) is 1. The Morgan fingerprint density at radius 2 is 2.12 bits per heavy atom. The van der Waals surface area contributed by atoms with E-state index in [1.54, 1.807) is 0 Å². The van der Waals surface area contributed by atoms with Gasteiger partial charge in [-0.1, -0.05) is 19.1 Å². The molecule has 17 heavy (non-hydrogen) atoms. The van der Waals surface area contributed by atoms with E-state index in [0.717, 1.165) is 32.6 Å². The van der Waals surface area contributed by atoms with Crippen LogP contribution in [0.5, 0.6) is 0 Å². The van der Waals surface area contributed by atoms with E-state index in [1.807, 2.05) is 3.95 Å². The maximum absolute atomic E-state index is 5.48. The van der Waals surface area contributed by atoms with E-state index in [-0.39, 0.29) is 0 Å². The summed E-state index contributed by atoms with van der Waals surface area (Å²) < 4.78 is 1.98. The predicted molar refractivity (Wildman–Crippen MR) is 78.7 cm³/mol.